The molecule has 0 aliphatic carbocycles. The molecule has 3 heterocycles. The maximum absolute atomic E-state index is 13.2. The van der Waals surface area contributed by atoms with Gasteiger partial charge in [-0.2, -0.15) is 0 Å². The lowest BCUT2D eigenvalue weighted by atomic mass is 10.1. The minimum absolute atomic E-state index is 0.0658. The van der Waals surface area contributed by atoms with Gasteiger partial charge in [-0.1, -0.05) is 25.0 Å². The third-order valence-corrected chi connectivity index (χ3v) is 6.81. The van der Waals surface area contributed by atoms with Crippen LogP contribution in [0.15, 0.2) is 48.5 Å². The highest BCUT2D eigenvalue weighted by atomic mass is 16.5. The molecule has 7 heteroatoms. The zero-order chi connectivity index (χ0) is 22.8. The van der Waals surface area contributed by atoms with Crippen LogP contribution in [-0.4, -0.2) is 53.0 Å². The standard InChI is InChI=1S/C26H30N4O3/c1-33-21-12-10-20(11-13-21)29-17-19(16-24(29)31)26-27-22-8-4-5-9-23(22)30(26)18-25(32)28-14-6-2-3-7-15-28/h4-5,8-13,19H,2-3,6-7,14-18H2,1H3/t19-/m0/s1. The molecule has 2 amide bonds. The summed E-state index contributed by atoms with van der Waals surface area (Å²) in [4.78, 5) is 34.9. The summed E-state index contributed by atoms with van der Waals surface area (Å²) >= 11 is 0. The van der Waals surface area contributed by atoms with Crippen molar-refractivity contribution in [2.24, 2.45) is 0 Å². The van der Waals surface area contributed by atoms with Gasteiger partial charge in [-0.05, 0) is 49.2 Å². The van der Waals surface area contributed by atoms with Crippen LogP contribution in [0, 0.1) is 0 Å². The van der Waals surface area contributed by atoms with Crippen molar-refractivity contribution in [1.29, 1.82) is 0 Å². The number of carbonyl (C=O) groups is 2. The lowest BCUT2D eigenvalue weighted by molar-refractivity contribution is -0.131. The summed E-state index contributed by atoms with van der Waals surface area (Å²) < 4.78 is 7.28. The molecule has 1 aromatic heterocycles. The van der Waals surface area contributed by atoms with Gasteiger partial charge >= 0.3 is 0 Å². The molecule has 1 atom stereocenters. The second-order valence-corrected chi connectivity index (χ2v) is 8.94. The minimum atomic E-state index is -0.0658. The molecule has 2 aliphatic rings. The van der Waals surface area contributed by atoms with Gasteiger partial charge in [-0.3, -0.25) is 9.59 Å². The van der Waals surface area contributed by atoms with E-state index < -0.39 is 0 Å². The third-order valence-electron chi connectivity index (χ3n) is 6.81. The number of likely N-dealkylation sites (tertiary alicyclic amines) is 1. The van der Waals surface area contributed by atoms with Gasteiger partial charge in [0.25, 0.3) is 0 Å². The van der Waals surface area contributed by atoms with Crippen LogP contribution in [0.5, 0.6) is 5.75 Å². The number of ether oxygens (including phenoxy) is 1. The first-order valence-electron chi connectivity index (χ1n) is 11.8. The van der Waals surface area contributed by atoms with Gasteiger partial charge in [0, 0.05) is 37.7 Å². The summed E-state index contributed by atoms with van der Waals surface area (Å²) in [5.41, 5.74) is 2.67. The number of aromatic nitrogens is 2. The summed E-state index contributed by atoms with van der Waals surface area (Å²) in [6.07, 6.45) is 4.89. The Morgan fingerprint density at radius 2 is 1.76 bits per heavy atom. The van der Waals surface area contributed by atoms with E-state index in [9.17, 15) is 9.59 Å². The summed E-state index contributed by atoms with van der Waals surface area (Å²) in [6, 6.07) is 15.5. The fourth-order valence-electron chi connectivity index (χ4n) is 5.02. The maximum atomic E-state index is 13.2. The molecule has 0 unspecified atom stereocenters. The van der Waals surface area contributed by atoms with Crippen LogP contribution in [0.4, 0.5) is 5.69 Å². The van der Waals surface area contributed by atoms with Gasteiger partial charge in [0.1, 0.15) is 18.1 Å². The number of amides is 2. The second kappa shape index (κ2) is 9.25. The highest BCUT2D eigenvalue weighted by Crippen LogP contribution is 2.34. The number of methoxy groups -OCH3 is 1. The first kappa shape index (κ1) is 21.5. The van der Waals surface area contributed by atoms with Crippen molar-refractivity contribution in [3.05, 3.63) is 54.4 Å². The fraction of sp³-hybridized carbons (Fsp3) is 0.423. The number of rotatable bonds is 5. The zero-order valence-corrected chi connectivity index (χ0v) is 19.1. The number of benzene rings is 2. The first-order chi connectivity index (χ1) is 16.1. The van der Waals surface area contributed by atoms with Gasteiger partial charge in [-0.15, -0.1) is 0 Å². The molecule has 2 saturated heterocycles. The molecule has 5 rings (SSSR count). The molecule has 172 valence electrons. The summed E-state index contributed by atoms with van der Waals surface area (Å²) in [6.45, 7) is 2.47. The largest absolute Gasteiger partial charge is 0.497 e. The van der Waals surface area contributed by atoms with Crippen LogP contribution in [-0.2, 0) is 16.1 Å². The molecule has 0 bridgehead atoms. The van der Waals surface area contributed by atoms with Gasteiger partial charge in [0.15, 0.2) is 0 Å². The van der Waals surface area contributed by atoms with Crippen molar-refractivity contribution in [2.45, 2.75) is 44.6 Å². The zero-order valence-electron chi connectivity index (χ0n) is 19.1. The van der Waals surface area contributed by atoms with Gasteiger partial charge < -0.3 is 19.1 Å². The van der Waals surface area contributed by atoms with Crippen LogP contribution in [0.25, 0.3) is 11.0 Å². The summed E-state index contributed by atoms with van der Waals surface area (Å²) in [7, 11) is 1.63. The maximum Gasteiger partial charge on any atom is 0.242 e. The van der Waals surface area contributed by atoms with Crippen LogP contribution in [0.1, 0.15) is 43.8 Å². The Morgan fingerprint density at radius 3 is 2.48 bits per heavy atom. The van der Waals surface area contributed by atoms with E-state index in [0.717, 1.165) is 54.2 Å². The van der Waals surface area contributed by atoms with Crippen molar-refractivity contribution >= 4 is 28.5 Å². The first-order valence-corrected chi connectivity index (χ1v) is 11.8. The van der Waals surface area contributed by atoms with Crippen molar-refractivity contribution < 1.29 is 14.3 Å². The van der Waals surface area contributed by atoms with Gasteiger partial charge in [0.2, 0.25) is 11.8 Å². The van der Waals surface area contributed by atoms with E-state index in [0.29, 0.717) is 13.0 Å². The van der Waals surface area contributed by atoms with Crippen molar-refractivity contribution in [3.63, 3.8) is 0 Å². The Bertz CT molecular complexity index is 1150. The van der Waals surface area contributed by atoms with Crippen molar-refractivity contribution in [3.8, 4) is 5.75 Å². The summed E-state index contributed by atoms with van der Waals surface area (Å²) in [5.74, 6) is 1.73. The molecule has 0 saturated carbocycles. The number of anilines is 1. The lowest BCUT2D eigenvalue weighted by Gasteiger charge is -2.22. The van der Waals surface area contributed by atoms with Crippen LogP contribution < -0.4 is 9.64 Å². The van der Waals surface area contributed by atoms with Crippen LogP contribution in [0.2, 0.25) is 0 Å². The molecular weight excluding hydrogens is 416 g/mol. The third kappa shape index (κ3) is 4.32. The van der Waals surface area contributed by atoms with E-state index in [1.807, 2.05) is 62.9 Å². The number of hydrogen-bond donors (Lipinski definition) is 0. The highest BCUT2D eigenvalue weighted by molar-refractivity contribution is 5.96. The Hall–Kier alpha value is -3.35. The lowest BCUT2D eigenvalue weighted by Crippen LogP contribution is -2.35. The van der Waals surface area contributed by atoms with E-state index in [1.54, 1.807) is 7.11 Å². The monoisotopic (exact) mass is 446 g/mol. The molecular formula is C26H30N4O3. The summed E-state index contributed by atoms with van der Waals surface area (Å²) in [5, 5.41) is 0. The predicted molar refractivity (Wildman–Crippen MR) is 127 cm³/mol. The SMILES string of the molecule is COc1ccc(N2C[C@@H](c3nc4ccccc4n3CC(=O)N3CCCCCC3)CC2=O)cc1. The molecule has 3 aromatic rings. The molecule has 0 N–H and O–H groups in total. The predicted octanol–water partition coefficient (Wildman–Crippen LogP) is 3.97. The Kier molecular flexibility index (Phi) is 6.03. The molecule has 0 spiro atoms. The van der Waals surface area contributed by atoms with Crippen molar-refractivity contribution in [2.75, 3.05) is 31.6 Å². The van der Waals surface area contributed by atoms with E-state index in [1.165, 1.54) is 12.8 Å². The second-order valence-electron chi connectivity index (χ2n) is 8.94. The number of hydrogen-bond acceptors (Lipinski definition) is 4. The molecule has 7 nitrogen and oxygen atoms in total. The quantitative estimate of drug-likeness (QED) is 0.595. The topological polar surface area (TPSA) is 67.7 Å². The van der Waals surface area contributed by atoms with Gasteiger partial charge in [0.05, 0.1) is 18.1 Å². The van der Waals surface area contributed by atoms with E-state index >= 15 is 0 Å². The average molecular weight is 447 g/mol. The van der Waals surface area contributed by atoms with E-state index in [4.69, 9.17) is 9.72 Å². The normalized spacial score (nSPS) is 19.2. The number of para-hydroxylation sites is 2. The molecule has 2 aromatic carbocycles. The number of carbonyl (C=O) groups excluding carboxylic acids is 2. The number of nitrogens with zero attached hydrogens (tertiary/aromatic N) is 4. The highest BCUT2D eigenvalue weighted by Gasteiger charge is 2.35. The number of imidazole rings is 1. The Morgan fingerprint density at radius 1 is 1.03 bits per heavy atom. The molecule has 2 fully saturated rings. The Labute approximate surface area is 193 Å². The molecule has 0 radical (unpaired) electrons. The van der Waals surface area contributed by atoms with Crippen LogP contribution >= 0.6 is 0 Å². The van der Waals surface area contributed by atoms with E-state index in [2.05, 4.69) is 0 Å². The average Bonchev–Trinajstić information content (AvgIpc) is 3.27. The Balaban J connectivity index is 1.43. The fourth-order valence-corrected chi connectivity index (χ4v) is 5.02. The van der Waals surface area contributed by atoms with Gasteiger partial charge in [-0.25, -0.2) is 4.98 Å². The number of fused-ring (bicyclic) bond motifs is 1. The van der Waals surface area contributed by atoms with Crippen molar-refractivity contribution in [1.82, 2.24) is 14.5 Å². The van der Waals surface area contributed by atoms with E-state index in [-0.39, 0.29) is 24.3 Å². The van der Waals surface area contributed by atoms with Crippen LogP contribution in [0.3, 0.4) is 0 Å². The molecule has 33 heavy (non-hydrogen) atoms. The smallest absolute Gasteiger partial charge is 0.242 e. The molecule has 2 aliphatic heterocycles. The minimum Gasteiger partial charge on any atom is -0.497 e.